The molecule has 1 fully saturated rings. The van der Waals surface area contributed by atoms with Crippen LogP contribution in [0.2, 0.25) is 0 Å². The molecular formula is C20H39N5O2. The van der Waals surface area contributed by atoms with Crippen LogP contribution in [0.5, 0.6) is 0 Å². The first kappa shape index (κ1) is 25.2. The van der Waals surface area contributed by atoms with Gasteiger partial charge in [-0.2, -0.15) is 5.26 Å². The van der Waals surface area contributed by atoms with Crippen molar-refractivity contribution in [2.45, 2.75) is 83.9 Å². The molecular weight excluding hydrogens is 342 g/mol. The van der Waals surface area contributed by atoms with Crippen molar-refractivity contribution in [1.82, 2.24) is 10.2 Å². The van der Waals surface area contributed by atoms with Crippen LogP contribution in [0, 0.1) is 11.3 Å². The summed E-state index contributed by atoms with van der Waals surface area (Å²) in [6, 6.07) is 1.55. The van der Waals surface area contributed by atoms with E-state index in [1.54, 1.807) is 4.90 Å². The smallest absolute Gasteiger partial charge is 0.246 e. The van der Waals surface area contributed by atoms with Crippen LogP contribution in [0.4, 0.5) is 0 Å². The highest BCUT2D eigenvalue weighted by Gasteiger charge is 2.33. The van der Waals surface area contributed by atoms with Gasteiger partial charge < -0.3 is 26.4 Å². The van der Waals surface area contributed by atoms with E-state index in [9.17, 15) is 10.1 Å². The maximum absolute atomic E-state index is 13.0. The molecule has 0 spiro atoms. The Morgan fingerprint density at radius 2 is 2.07 bits per heavy atom. The highest BCUT2D eigenvalue weighted by molar-refractivity contribution is 5.83. The van der Waals surface area contributed by atoms with Crippen LogP contribution >= 0.6 is 0 Å². The Morgan fingerprint density at radius 3 is 2.59 bits per heavy atom. The Morgan fingerprint density at radius 1 is 1.41 bits per heavy atom. The van der Waals surface area contributed by atoms with E-state index in [4.69, 9.17) is 10.5 Å². The van der Waals surface area contributed by atoms with Gasteiger partial charge in [-0.1, -0.05) is 6.92 Å². The van der Waals surface area contributed by atoms with Gasteiger partial charge >= 0.3 is 0 Å². The number of nitrogens with zero attached hydrogens (tertiary/aromatic N) is 2. The van der Waals surface area contributed by atoms with Gasteiger partial charge in [-0.3, -0.25) is 4.79 Å². The van der Waals surface area contributed by atoms with Gasteiger partial charge in [0.05, 0.1) is 6.07 Å². The van der Waals surface area contributed by atoms with E-state index in [0.29, 0.717) is 25.4 Å². The van der Waals surface area contributed by atoms with E-state index in [1.165, 1.54) is 7.05 Å². The Bertz CT molecular complexity index is 494. The molecule has 1 amide bonds. The van der Waals surface area contributed by atoms with Crippen LogP contribution in [0.1, 0.15) is 66.2 Å². The Labute approximate surface area is 165 Å². The number of nitriles is 1. The number of hydrogen-bond acceptors (Lipinski definition) is 6. The summed E-state index contributed by atoms with van der Waals surface area (Å²) in [6.07, 6.45) is 6.83. The van der Waals surface area contributed by atoms with Gasteiger partial charge in [-0.15, -0.1) is 0 Å². The van der Waals surface area contributed by atoms with E-state index in [-0.39, 0.29) is 23.6 Å². The van der Waals surface area contributed by atoms with Crippen LogP contribution in [0.3, 0.4) is 0 Å². The topological polar surface area (TPSA) is 117 Å². The molecule has 27 heavy (non-hydrogen) atoms. The molecule has 0 aromatic rings. The van der Waals surface area contributed by atoms with Gasteiger partial charge in [0.25, 0.3) is 0 Å². The van der Waals surface area contributed by atoms with Gasteiger partial charge in [0.15, 0.2) is 5.88 Å². The molecule has 7 heteroatoms. The van der Waals surface area contributed by atoms with Crippen molar-refractivity contribution in [3.05, 3.63) is 12.0 Å². The van der Waals surface area contributed by atoms with Crippen molar-refractivity contribution < 1.29 is 9.53 Å². The molecule has 1 saturated heterocycles. The minimum atomic E-state index is -0.388. The maximum atomic E-state index is 13.0. The van der Waals surface area contributed by atoms with Crippen molar-refractivity contribution in [2.24, 2.45) is 11.5 Å². The molecule has 1 heterocycles. The van der Waals surface area contributed by atoms with Crippen molar-refractivity contribution >= 4 is 5.91 Å². The summed E-state index contributed by atoms with van der Waals surface area (Å²) in [7, 11) is 1.50. The van der Waals surface area contributed by atoms with Gasteiger partial charge in [0.2, 0.25) is 5.91 Å². The molecule has 1 rings (SSSR count). The number of unbranched alkanes of at least 4 members (excludes halogenated alkanes) is 1. The zero-order valence-corrected chi connectivity index (χ0v) is 17.8. The summed E-state index contributed by atoms with van der Waals surface area (Å²) in [5.41, 5.74) is 9.75. The molecule has 0 radical (unpaired) electrons. The van der Waals surface area contributed by atoms with Crippen molar-refractivity contribution in [2.75, 3.05) is 20.1 Å². The first-order valence-corrected chi connectivity index (χ1v) is 9.96. The number of likely N-dealkylation sites (tertiary alicyclic amines) is 1. The fourth-order valence-electron chi connectivity index (χ4n) is 2.93. The first-order valence-electron chi connectivity index (χ1n) is 9.96. The second kappa shape index (κ2) is 13.4. The zero-order valence-electron chi connectivity index (χ0n) is 17.8. The zero-order chi connectivity index (χ0) is 20.9. The standard InChI is InChI=1S/C19H34N4O2.CH5N/c1-5-9-17(25-19(2,3)4)22-16(11-6-7-12-20)18(24)23-13-8-10-15(23)14-21;1-2/h9,15-16,22H,5-8,10-13,20H2,1-4H3;2H2,1H3/b17-9-;/t15-,16-;/m0./s1. The molecule has 0 aliphatic carbocycles. The molecule has 0 bridgehead atoms. The number of amides is 1. The lowest BCUT2D eigenvalue weighted by Gasteiger charge is -2.30. The molecule has 0 aromatic carbocycles. The summed E-state index contributed by atoms with van der Waals surface area (Å²) in [5.74, 6) is 0.620. The third-order valence-electron chi connectivity index (χ3n) is 4.05. The van der Waals surface area contributed by atoms with Crippen LogP contribution in [-0.2, 0) is 9.53 Å². The fourth-order valence-corrected chi connectivity index (χ4v) is 2.93. The van der Waals surface area contributed by atoms with E-state index in [0.717, 1.165) is 32.1 Å². The van der Waals surface area contributed by atoms with Crippen molar-refractivity contribution in [3.63, 3.8) is 0 Å². The average molecular weight is 382 g/mol. The number of allylic oxidation sites excluding steroid dienone is 1. The third-order valence-corrected chi connectivity index (χ3v) is 4.05. The Kier molecular flexibility index (Phi) is 12.5. The van der Waals surface area contributed by atoms with Crippen molar-refractivity contribution in [1.29, 1.82) is 5.26 Å². The minimum absolute atomic E-state index is 0.0133. The normalized spacial score (nSPS) is 18.2. The summed E-state index contributed by atoms with van der Waals surface area (Å²) in [6.45, 7) is 9.24. The summed E-state index contributed by atoms with van der Waals surface area (Å²) < 4.78 is 5.97. The molecule has 156 valence electrons. The Balaban J connectivity index is 0.00000326. The number of hydrogen-bond donors (Lipinski definition) is 3. The largest absolute Gasteiger partial charge is 0.474 e. The van der Waals surface area contributed by atoms with Crippen LogP contribution in [0.15, 0.2) is 12.0 Å². The number of carbonyl (C=O) groups is 1. The summed E-state index contributed by atoms with van der Waals surface area (Å²) in [5, 5.41) is 12.6. The lowest BCUT2D eigenvalue weighted by molar-refractivity contribution is -0.134. The first-order chi connectivity index (χ1) is 12.8. The second-order valence-electron chi connectivity index (χ2n) is 7.49. The molecule has 0 saturated carbocycles. The highest BCUT2D eigenvalue weighted by atomic mass is 16.5. The van der Waals surface area contributed by atoms with E-state index >= 15 is 0 Å². The van der Waals surface area contributed by atoms with E-state index in [1.807, 2.05) is 33.8 Å². The monoisotopic (exact) mass is 381 g/mol. The lowest BCUT2D eigenvalue weighted by Crippen LogP contribution is -2.48. The molecule has 1 aliphatic heterocycles. The van der Waals surface area contributed by atoms with Gasteiger partial charge in [-0.05, 0) is 79.0 Å². The lowest BCUT2D eigenvalue weighted by atomic mass is 10.1. The predicted molar refractivity (Wildman–Crippen MR) is 110 cm³/mol. The molecule has 7 nitrogen and oxygen atoms in total. The SMILES string of the molecule is CC/C=C(/N[C@@H](CCCCN)C(=O)N1CCC[C@H]1C#N)OC(C)(C)C.CN. The fraction of sp³-hybridized carbons (Fsp3) is 0.800. The number of nitrogens with one attached hydrogen (secondary N) is 1. The summed E-state index contributed by atoms with van der Waals surface area (Å²) >= 11 is 0. The maximum Gasteiger partial charge on any atom is 0.246 e. The van der Waals surface area contributed by atoms with Gasteiger partial charge in [0, 0.05) is 6.54 Å². The number of nitrogens with two attached hydrogens (primary N) is 2. The minimum Gasteiger partial charge on any atom is -0.474 e. The summed E-state index contributed by atoms with van der Waals surface area (Å²) in [4.78, 5) is 14.7. The predicted octanol–water partition coefficient (Wildman–Crippen LogP) is 2.23. The van der Waals surface area contributed by atoms with Crippen LogP contribution in [0.25, 0.3) is 0 Å². The van der Waals surface area contributed by atoms with Gasteiger partial charge in [0.1, 0.15) is 17.7 Å². The van der Waals surface area contributed by atoms with E-state index < -0.39 is 0 Å². The Hall–Kier alpha value is -1.78. The molecule has 1 aliphatic rings. The molecule has 0 aromatic heterocycles. The van der Waals surface area contributed by atoms with Crippen molar-refractivity contribution in [3.8, 4) is 6.07 Å². The van der Waals surface area contributed by atoms with E-state index in [2.05, 4.69) is 17.1 Å². The number of carbonyl (C=O) groups excluding carboxylic acids is 1. The van der Waals surface area contributed by atoms with Crippen LogP contribution in [-0.4, -0.2) is 48.6 Å². The molecule has 0 unspecified atom stereocenters. The average Bonchev–Trinajstić information content (AvgIpc) is 3.09. The number of ether oxygens (including phenoxy) is 1. The molecule has 2 atom stereocenters. The third kappa shape index (κ3) is 9.64. The second-order valence-corrected chi connectivity index (χ2v) is 7.49. The molecule has 5 N–H and O–H groups in total. The quantitative estimate of drug-likeness (QED) is 0.416. The van der Waals surface area contributed by atoms with Crippen LogP contribution < -0.4 is 16.8 Å². The van der Waals surface area contributed by atoms with Gasteiger partial charge in [-0.25, -0.2) is 0 Å². The highest BCUT2D eigenvalue weighted by Crippen LogP contribution is 2.20. The number of rotatable bonds is 9.